The number of ether oxygens (including phenoxy) is 3. The van der Waals surface area contributed by atoms with Gasteiger partial charge < -0.3 is 18.6 Å². The molecule has 0 saturated carbocycles. The molecule has 0 amide bonds. The largest absolute Gasteiger partial charge is 0.496 e. The molecule has 2 aromatic carbocycles. The standard InChI is InChI=1S/C27H28N2O5/c1-6-33-27(19-9-7-18(8-10-19)21-13-16(2)28-29-21)26(30)23-12-11-22(34-23)20-14-24(31-4)17(3)25(15-20)32-5/h7-12,14-15,27H,6,13H2,1-5H3/t27-/m0/s1. The number of nitrogens with zero attached hydrogens (tertiary/aromatic N) is 2. The van der Waals surface area contributed by atoms with Gasteiger partial charge in [-0.1, -0.05) is 24.3 Å². The van der Waals surface area contributed by atoms with E-state index >= 15 is 0 Å². The fourth-order valence-electron chi connectivity index (χ4n) is 3.94. The Hall–Kier alpha value is -3.71. The monoisotopic (exact) mass is 460 g/mol. The highest BCUT2D eigenvalue weighted by Crippen LogP contribution is 2.35. The Morgan fingerprint density at radius 3 is 2.21 bits per heavy atom. The van der Waals surface area contributed by atoms with Gasteiger partial charge in [0.05, 0.1) is 19.9 Å². The lowest BCUT2D eigenvalue weighted by atomic mass is 9.99. The maximum atomic E-state index is 13.4. The lowest BCUT2D eigenvalue weighted by Gasteiger charge is -2.16. The average molecular weight is 461 g/mol. The van der Waals surface area contributed by atoms with E-state index in [0.29, 0.717) is 23.9 Å². The maximum Gasteiger partial charge on any atom is 0.231 e. The molecule has 3 aromatic rings. The lowest BCUT2D eigenvalue weighted by Crippen LogP contribution is -2.16. The van der Waals surface area contributed by atoms with Crippen molar-refractivity contribution in [1.29, 1.82) is 0 Å². The van der Waals surface area contributed by atoms with Gasteiger partial charge in [-0.2, -0.15) is 10.2 Å². The average Bonchev–Trinajstić information content (AvgIpc) is 3.52. The first-order valence-corrected chi connectivity index (χ1v) is 11.1. The van der Waals surface area contributed by atoms with Gasteiger partial charge in [-0.05, 0) is 56.2 Å². The van der Waals surface area contributed by atoms with Crippen LogP contribution in [0.4, 0.5) is 0 Å². The van der Waals surface area contributed by atoms with Gasteiger partial charge in [0.2, 0.25) is 5.78 Å². The minimum absolute atomic E-state index is 0.222. The van der Waals surface area contributed by atoms with Crippen molar-refractivity contribution in [2.24, 2.45) is 10.2 Å². The Bertz CT molecular complexity index is 1230. The third-order valence-corrected chi connectivity index (χ3v) is 5.77. The molecule has 0 radical (unpaired) electrons. The second-order valence-electron chi connectivity index (χ2n) is 8.05. The summed E-state index contributed by atoms with van der Waals surface area (Å²) in [5, 5.41) is 8.32. The summed E-state index contributed by atoms with van der Waals surface area (Å²) < 4.78 is 22.7. The van der Waals surface area contributed by atoms with E-state index in [2.05, 4.69) is 10.2 Å². The summed E-state index contributed by atoms with van der Waals surface area (Å²) in [6, 6.07) is 14.8. The van der Waals surface area contributed by atoms with Crippen LogP contribution in [0, 0.1) is 6.92 Å². The summed E-state index contributed by atoms with van der Waals surface area (Å²) in [5.74, 6) is 1.88. The zero-order chi connectivity index (χ0) is 24.2. The number of hydrogen-bond donors (Lipinski definition) is 0. The first-order valence-electron chi connectivity index (χ1n) is 11.1. The fraction of sp³-hybridized carbons (Fsp3) is 0.296. The molecule has 2 heterocycles. The van der Waals surface area contributed by atoms with Crippen molar-refractivity contribution in [3.8, 4) is 22.8 Å². The van der Waals surface area contributed by atoms with Gasteiger partial charge in [0.15, 0.2) is 5.76 Å². The first-order chi connectivity index (χ1) is 16.4. The number of hydrogen-bond acceptors (Lipinski definition) is 7. The number of ketones is 1. The van der Waals surface area contributed by atoms with Crippen molar-refractivity contribution in [2.75, 3.05) is 20.8 Å². The predicted molar refractivity (Wildman–Crippen MR) is 131 cm³/mol. The minimum Gasteiger partial charge on any atom is -0.496 e. The number of methoxy groups -OCH3 is 2. The second-order valence-corrected chi connectivity index (χ2v) is 8.05. The smallest absolute Gasteiger partial charge is 0.231 e. The van der Waals surface area contributed by atoms with E-state index in [1.807, 2.05) is 57.2 Å². The molecule has 1 aliphatic rings. The molecular formula is C27H28N2O5. The van der Waals surface area contributed by atoms with Crippen molar-refractivity contribution in [1.82, 2.24) is 0 Å². The second kappa shape index (κ2) is 10.1. The number of benzene rings is 2. The number of furan rings is 1. The highest BCUT2D eigenvalue weighted by molar-refractivity contribution is 6.14. The summed E-state index contributed by atoms with van der Waals surface area (Å²) >= 11 is 0. The van der Waals surface area contributed by atoms with Gasteiger partial charge in [0.1, 0.15) is 23.4 Å². The lowest BCUT2D eigenvalue weighted by molar-refractivity contribution is 0.0428. The van der Waals surface area contributed by atoms with E-state index in [-0.39, 0.29) is 11.5 Å². The summed E-state index contributed by atoms with van der Waals surface area (Å²) in [6.45, 7) is 6.12. The van der Waals surface area contributed by atoms with E-state index in [1.165, 1.54) is 0 Å². The molecule has 0 spiro atoms. The van der Waals surface area contributed by atoms with Crippen molar-refractivity contribution >= 4 is 17.2 Å². The van der Waals surface area contributed by atoms with Crippen LogP contribution in [0.15, 0.2) is 63.2 Å². The molecule has 1 atom stereocenters. The first kappa shape index (κ1) is 23.4. The van der Waals surface area contributed by atoms with Crippen LogP contribution in [0.5, 0.6) is 11.5 Å². The molecule has 34 heavy (non-hydrogen) atoms. The molecule has 0 aliphatic carbocycles. The Kier molecular flexibility index (Phi) is 6.93. The quantitative estimate of drug-likeness (QED) is 0.377. The molecule has 176 valence electrons. The summed E-state index contributed by atoms with van der Waals surface area (Å²) in [4.78, 5) is 13.4. The molecule has 0 unspecified atom stereocenters. The van der Waals surface area contributed by atoms with E-state index in [1.54, 1.807) is 26.4 Å². The highest BCUT2D eigenvalue weighted by atomic mass is 16.5. The van der Waals surface area contributed by atoms with Crippen LogP contribution in [0.25, 0.3) is 11.3 Å². The van der Waals surface area contributed by atoms with Gasteiger partial charge in [0.25, 0.3) is 0 Å². The third-order valence-electron chi connectivity index (χ3n) is 5.77. The van der Waals surface area contributed by atoms with Crippen LogP contribution in [-0.4, -0.2) is 38.0 Å². The fourth-order valence-corrected chi connectivity index (χ4v) is 3.94. The van der Waals surface area contributed by atoms with Gasteiger partial charge in [0, 0.05) is 29.9 Å². The van der Waals surface area contributed by atoms with E-state index in [9.17, 15) is 4.79 Å². The number of carbonyl (C=O) groups excluding carboxylic acids is 1. The molecule has 0 saturated heterocycles. The predicted octanol–water partition coefficient (Wildman–Crippen LogP) is 5.80. The molecule has 4 rings (SSSR count). The zero-order valence-corrected chi connectivity index (χ0v) is 20.0. The van der Waals surface area contributed by atoms with Crippen molar-refractivity contribution in [3.05, 3.63) is 71.0 Å². The Labute approximate surface area is 199 Å². The number of carbonyl (C=O) groups is 1. The minimum atomic E-state index is -0.774. The third kappa shape index (κ3) is 4.65. The van der Waals surface area contributed by atoms with E-state index in [0.717, 1.165) is 40.1 Å². The molecule has 1 aliphatic heterocycles. The van der Waals surface area contributed by atoms with Gasteiger partial charge >= 0.3 is 0 Å². The number of rotatable bonds is 9. The Morgan fingerprint density at radius 1 is 0.971 bits per heavy atom. The molecule has 7 heteroatoms. The SMILES string of the molecule is CCO[C@H](C(=O)c1ccc(-c2cc(OC)c(C)c(OC)c2)o1)c1ccc(C2=NN=C(C)C2)cc1. The molecule has 1 aromatic heterocycles. The van der Waals surface area contributed by atoms with Crippen LogP contribution >= 0.6 is 0 Å². The molecule has 0 fully saturated rings. The molecule has 0 N–H and O–H groups in total. The highest BCUT2D eigenvalue weighted by Gasteiger charge is 2.26. The summed E-state index contributed by atoms with van der Waals surface area (Å²) in [5.41, 5.74) is 5.28. The van der Waals surface area contributed by atoms with E-state index in [4.69, 9.17) is 18.6 Å². The van der Waals surface area contributed by atoms with Crippen LogP contribution in [-0.2, 0) is 4.74 Å². The Morgan fingerprint density at radius 2 is 1.65 bits per heavy atom. The van der Waals surface area contributed by atoms with Crippen LogP contribution in [0.1, 0.15) is 53.6 Å². The van der Waals surface area contributed by atoms with Gasteiger partial charge in [-0.15, -0.1) is 0 Å². The normalized spacial score (nSPS) is 13.9. The number of Topliss-reactive ketones (excluding diaryl/α,β-unsaturated/α-hetero) is 1. The van der Waals surface area contributed by atoms with Crippen LogP contribution in [0.3, 0.4) is 0 Å². The molecule has 7 nitrogen and oxygen atoms in total. The van der Waals surface area contributed by atoms with Gasteiger partial charge in [-0.25, -0.2) is 0 Å². The molecule has 0 bridgehead atoms. The van der Waals surface area contributed by atoms with E-state index < -0.39 is 6.10 Å². The summed E-state index contributed by atoms with van der Waals surface area (Å²) in [7, 11) is 3.21. The van der Waals surface area contributed by atoms with Crippen molar-refractivity contribution in [3.63, 3.8) is 0 Å². The van der Waals surface area contributed by atoms with Crippen LogP contribution < -0.4 is 9.47 Å². The Balaban J connectivity index is 1.59. The summed E-state index contributed by atoms with van der Waals surface area (Å²) in [6.07, 6.45) is -0.0413. The molecular weight excluding hydrogens is 432 g/mol. The van der Waals surface area contributed by atoms with Crippen molar-refractivity contribution < 1.29 is 23.4 Å². The maximum absolute atomic E-state index is 13.4. The van der Waals surface area contributed by atoms with Crippen molar-refractivity contribution in [2.45, 2.75) is 33.3 Å². The van der Waals surface area contributed by atoms with Crippen LogP contribution in [0.2, 0.25) is 0 Å². The topological polar surface area (TPSA) is 82.6 Å². The zero-order valence-electron chi connectivity index (χ0n) is 20.0. The van der Waals surface area contributed by atoms with Gasteiger partial charge in [-0.3, -0.25) is 4.79 Å².